The third-order valence-electron chi connectivity index (χ3n) is 6.34. The number of phenolic OH excluding ortho intramolecular Hbond substituents is 1. The van der Waals surface area contributed by atoms with Crippen molar-refractivity contribution in [3.05, 3.63) is 76.9 Å². The molecule has 2 unspecified atom stereocenters. The summed E-state index contributed by atoms with van der Waals surface area (Å²) in [5.41, 5.74) is 14.9. The molecule has 1 fully saturated rings. The zero-order valence-electron chi connectivity index (χ0n) is 17.5. The van der Waals surface area contributed by atoms with Crippen molar-refractivity contribution in [1.82, 2.24) is 16.3 Å². The van der Waals surface area contributed by atoms with E-state index in [1.54, 1.807) is 24.3 Å². The molecule has 0 bridgehead atoms. The van der Waals surface area contributed by atoms with Crippen molar-refractivity contribution in [3.63, 3.8) is 0 Å². The summed E-state index contributed by atoms with van der Waals surface area (Å²) in [5, 5.41) is 16.5. The van der Waals surface area contributed by atoms with Crippen LogP contribution < -0.4 is 16.3 Å². The SMILES string of the molecule is CC/C(=N\NC(=O)C1CC(c2ccc3c4c(cccc24)CC3)NN1)c1ccc(O)cc1. The number of nitrogens with one attached hydrogen (secondary N) is 3. The van der Waals surface area contributed by atoms with Crippen LogP contribution >= 0.6 is 0 Å². The number of hydrazine groups is 1. The van der Waals surface area contributed by atoms with Crippen molar-refractivity contribution in [2.24, 2.45) is 5.10 Å². The molecule has 3 aromatic carbocycles. The zero-order valence-corrected chi connectivity index (χ0v) is 17.5. The minimum Gasteiger partial charge on any atom is -0.508 e. The van der Waals surface area contributed by atoms with Gasteiger partial charge in [-0.2, -0.15) is 5.10 Å². The summed E-state index contributed by atoms with van der Waals surface area (Å²) in [5.74, 6) is 0.0456. The lowest BCUT2D eigenvalue weighted by Gasteiger charge is -2.14. The lowest BCUT2D eigenvalue weighted by atomic mass is 9.93. The van der Waals surface area contributed by atoms with Gasteiger partial charge in [0.2, 0.25) is 0 Å². The minimum absolute atomic E-state index is 0.0624. The second-order valence-electron chi connectivity index (χ2n) is 8.22. The summed E-state index contributed by atoms with van der Waals surface area (Å²) in [6.45, 7) is 1.99. The lowest BCUT2D eigenvalue weighted by molar-refractivity contribution is -0.122. The highest BCUT2D eigenvalue weighted by molar-refractivity contribution is 6.01. The predicted molar refractivity (Wildman–Crippen MR) is 122 cm³/mol. The van der Waals surface area contributed by atoms with Crippen molar-refractivity contribution in [2.45, 2.75) is 44.7 Å². The van der Waals surface area contributed by atoms with E-state index in [9.17, 15) is 9.90 Å². The fourth-order valence-electron chi connectivity index (χ4n) is 4.71. The Morgan fingerprint density at radius 3 is 2.61 bits per heavy atom. The Kier molecular flexibility index (Phi) is 5.18. The molecular formula is C25H26N4O2. The third-order valence-corrected chi connectivity index (χ3v) is 6.34. The largest absolute Gasteiger partial charge is 0.508 e. The van der Waals surface area contributed by atoms with E-state index >= 15 is 0 Å². The van der Waals surface area contributed by atoms with Gasteiger partial charge in [0.05, 0.1) is 5.71 Å². The average molecular weight is 415 g/mol. The first-order chi connectivity index (χ1) is 15.1. The standard InChI is InChI=1S/C25H26N4O2/c1-2-21(15-8-11-18(30)12-9-15)26-29-25(31)23-14-22(27-28-23)19-13-10-17-7-6-16-4-3-5-20(19)24(16)17/h3-5,8-13,22-23,27-28,30H,2,6-7,14H2,1H3,(H,29,31)/b26-21+. The van der Waals surface area contributed by atoms with Crippen molar-refractivity contribution in [2.75, 3.05) is 0 Å². The van der Waals surface area contributed by atoms with Crippen LogP contribution in [0.2, 0.25) is 0 Å². The fraction of sp³-hybridized carbons (Fsp3) is 0.280. The van der Waals surface area contributed by atoms with Crippen LogP contribution in [-0.2, 0) is 17.6 Å². The van der Waals surface area contributed by atoms with Gasteiger partial charge in [-0.25, -0.2) is 16.3 Å². The van der Waals surface area contributed by atoms with E-state index in [4.69, 9.17) is 0 Å². The molecule has 0 spiro atoms. The fourth-order valence-corrected chi connectivity index (χ4v) is 4.71. The Balaban J connectivity index is 1.30. The summed E-state index contributed by atoms with van der Waals surface area (Å²) >= 11 is 0. The van der Waals surface area contributed by atoms with E-state index in [-0.39, 0.29) is 23.7 Å². The van der Waals surface area contributed by atoms with Gasteiger partial charge in [0.25, 0.3) is 5.91 Å². The third kappa shape index (κ3) is 3.69. The Bertz CT molecular complexity index is 1160. The van der Waals surface area contributed by atoms with Crippen LogP contribution in [0.3, 0.4) is 0 Å². The van der Waals surface area contributed by atoms with Crippen LogP contribution in [0, 0.1) is 0 Å². The number of benzene rings is 3. The first kappa shape index (κ1) is 19.7. The second kappa shape index (κ2) is 8.13. The highest BCUT2D eigenvalue weighted by atomic mass is 16.3. The maximum Gasteiger partial charge on any atom is 0.258 e. The van der Waals surface area contributed by atoms with Gasteiger partial charge < -0.3 is 5.11 Å². The number of nitrogens with zero attached hydrogens (tertiary/aromatic N) is 1. The van der Waals surface area contributed by atoms with E-state index in [1.165, 1.54) is 27.5 Å². The molecule has 3 aromatic rings. The summed E-state index contributed by atoms with van der Waals surface area (Å²) in [6.07, 6.45) is 3.54. The van der Waals surface area contributed by atoms with E-state index < -0.39 is 0 Å². The molecule has 5 rings (SSSR count). The van der Waals surface area contributed by atoms with Gasteiger partial charge in [0, 0.05) is 6.04 Å². The number of aryl methyl sites for hydroxylation is 2. The number of hydrogen-bond donors (Lipinski definition) is 4. The molecule has 1 aliphatic heterocycles. The van der Waals surface area contributed by atoms with Gasteiger partial charge in [-0.15, -0.1) is 0 Å². The first-order valence-electron chi connectivity index (χ1n) is 10.8. The molecule has 1 saturated heterocycles. The predicted octanol–water partition coefficient (Wildman–Crippen LogP) is 3.48. The van der Waals surface area contributed by atoms with Crippen molar-refractivity contribution in [3.8, 4) is 5.75 Å². The molecule has 0 saturated carbocycles. The monoisotopic (exact) mass is 414 g/mol. The van der Waals surface area contributed by atoms with Crippen molar-refractivity contribution in [1.29, 1.82) is 0 Å². The number of carbonyl (C=O) groups excluding carboxylic acids is 1. The maximum atomic E-state index is 12.7. The zero-order chi connectivity index (χ0) is 21.4. The van der Waals surface area contributed by atoms with Crippen molar-refractivity contribution >= 4 is 22.4 Å². The van der Waals surface area contributed by atoms with Gasteiger partial charge in [-0.3, -0.25) is 4.79 Å². The maximum absolute atomic E-state index is 12.7. The first-order valence-corrected chi connectivity index (χ1v) is 10.8. The van der Waals surface area contributed by atoms with Crippen LogP contribution in [0.15, 0.2) is 59.7 Å². The van der Waals surface area contributed by atoms with Crippen molar-refractivity contribution < 1.29 is 9.90 Å². The Labute approximate surface area is 181 Å². The van der Waals surface area contributed by atoms with Crippen LogP contribution in [0.4, 0.5) is 0 Å². The van der Waals surface area contributed by atoms with Crippen LogP contribution in [-0.4, -0.2) is 22.8 Å². The average Bonchev–Trinajstić information content (AvgIpc) is 3.44. The minimum atomic E-state index is -0.366. The van der Waals surface area contributed by atoms with E-state index in [0.717, 1.165) is 24.1 Å². The summed E-state index contributed by atoms with van der Waals surface area (Å²) in [6, 6.07) is 17.5. The molecule has 0 radical (unpaired) electrons. The number of carbonyl (C=O) groups is 1. The van der Waals surface area contributed by atoms with E-state index in [0.29, 0.717) is 12.8 Å². The van der Waals surface area contributed by atoms with Gasteiger partial charge in [-0.05, 0) is 83.0 Å². The molecule has 1 heterocycles. The highest BCUT2D eigenvalue weighted by Crippen LogP contribution is 2.36. The molecule has 1 amide bonds. The van der Waals surface area contributed by atoms with Crippen LogP contribution in [0.25, 0.3) is 10.8 Å². The lowest BCUT2D eigenvalue weighted by Crippen LogP contribution is -2.41. The molecule has 6 heteroatoms. The molecule has 31 heavy (non-hydrogen) atoms. The smallest absolute Gasteiger partial charge is 0.258 e. The van der Waals surface area contributed by atoms with E-state index in [2.05, 4.69) is 51.7 Å². The molecule has 2 atom stereocenters. The normalized spacial score (nSPS) is 20.4. The van der Waals surface area contributed by atoms with Gasteiger partial charge in [0.1, 0.15) is 11.8 Å². The number of amides is 1. The number of phenols is 1. The Morgan fingerprint density at radius 2 is 1.84 bits per heavy atom. The number of rotatable bonds is 5. The topological polar surface area (TPSA) is 85.8 Å². The molecule has 2 aliphatic rings. The van der Waals surface area contributed by atoms with Gasteiger partial charge in [0.15, 0.2) is 0 Å². The summed E-state index contributed by atoms with van der Waals surface area (Å²) in [7, 11) is 0. The summed E-state index contributed by atoms with van der Waals surface area (Å²) < 4.78 is 0. The summed E-state index contributed by atoms with van der Waals surface area (Å²) in [4.78, 5) is 12.7. The number of aromatic hydroxyl groups is 1. The van der Waals surface area contributed by atoms with Gasteiger partial charge >= 0.3 is 0 Å². The molecule has 6 nitrogen and oxygen atoms in total. The highest BCUT2D eigenvalue weighted by Gasteiger charge is 2.31. The number of hydrogen-bond acceptors (Lipinski definition) is 5. The molecule has 1 aliphatic carbocycles. The van der Waals surface area contributed by atoms with Gasteiger partial charge in [-0.1, -0.05) is 37.3 Å². The number of hydrazone groups is 1. The Morgan fingerprint density at radius 1 is 1.06 bits per heavy atom. The molecule has 4 N–H and O–H groups in total. The molecule has 158 valence electrons. The van der Waals surface area contributed by atoms with Crippen LogP contribution in [0.5, 0.6) is 5.75 Å². The Hall–Kier alpha value is -3.22. The second-order valence-corrected chi connectivity index (χ2v) is 8.22. The van der Waals surface area contributed by atoms with Crippen LogP contribution in [0.1, 0.15) is 48.1 Å². The quantitative estimate of drug-likeness (QED) is 0.380. The molecule has 0 aromatic heterocycles. The molecular weight excluding hydrogens is 388 g/mol. The van der Waals surface area contributed by atoms with E-state index in [1.807, 2.05) is 6.92 Å².